The SMILES string of the molecule is Cc1ncc(CS(=O)(=O)CCN)c(N)n1. The van der Waals surface area contributed by atoms with Crippen LogP contribution in [-0.4, -0.2) is 30.7 Å². The first kappa shape index (κ1) is 11.9. The number of anilines is 1. The smallest absolute Gasteiger partial charge is 0.155 e. The Hall–Kier alpha value is -1.21. The van der Waals surface area contributed by atoms with E-state index in [0.717, 1.165) is 0 Å². The summed E-state index contributed by atoms with van der Waals surface area (Å²) >= 11 is 0. The van der Waals surface area contributed by atoms with E-state index >= 15 is 0 Å². The number of nitrogens with two attached hydrogens (primary N) is 2. The Morgan fingerprint density at radius 2 is 2.13 bits per heavy atom. The Balaban J connectivity index is 2.90. The molecule has 1 heterocycles. The van der Waals surface area contributed by atoms with Crippen LogP contribution in [0, 0.1) is 6.92 Å². The van der Waals surface area contributed by atoms with Crippen molar-refractivity contribution in [3.05, 3.63) is 17.6 Å². The predicted octanol–water partition coefficient (Wildman–Crippen LogP) is -0.759. The highest BCUT2D eigenvalue weighted by Gasteiger charge is 2.13. The summed E-state index contributed by atoms with van der Waals surface area (Å²) in [5.41, 5.74) is 11.2. The van der Waals surface area contributed by atoms with Gasteiger partial charge in [-0.1, -0.05) is 0 Å². The zero-order valence-electron chi connectivity index (χ0n) is 8.47. The van der Waals surface area contributed by atoms with Crippen molar-refractivity contribution in [3.63, 3.8) is 0 Å². The van der Waals surface area contributed by atoms with Crippen LogP contribution in [0.25, 0.3) is 0 Å². The number of aryl methyl sites for hydroxylation is 1. The molecule has 15 heavy (non-hydrogen) atoms. The van der Waals surface area contributed by atoms with E-state index in [1.807, 2.05) is 0 Å². The number of hydrogen-bond donors (Lipinski definition) is 2. The van der Waals surface area contributed by atoms with Crippen LogP contribution in [0.5, 0.6) is 0 Å². The lowest BCUT2D eigenvalue weighted by Gasteiger charge is -2.05. The van der Waals surface area contributed by atoms with Gasteiger partial charge >= 0.3 is 0 Å². The monoisotopic (exact) mass is 230 g/mol. The summed E-state index contributed by atoms with van der Waals surface area (Å²) in [4.78, 5) is 7.79. The Kier molecular flexibility index (Phi) is 3.59. The van der Waals surface area contributed by atoms with Crippen molar-refractivity contribution in [2.45, 2.75) is 12.7 Å². The molecule has 6 nitrogen and oxygen atoms in total. The van der Waals surface area contributed by atoms with Gasteiger partial charge in [0.15, 0.2) is 9.84 Å². The fourth-order valence-corrected chi connectivity index (χ4v) is 2.31. The number of aromatic nitrogens is 2. The minimum atomic E-state index is -3.21. The van der Waals surface area contributed by atoms with Crippen molar-refractivity contribution in [2.24, 2.45) is 5.73 Å². The number of rotatable bonds is 4. The normalized spacial score (nSPS) is 11.6. The molecule has 0 aromatic carbocycles. The molecule has 1 rings (SSSR count). The summed E-state index contributed by atoms with van der Waals surface area (Å²) in [5.74, 6) is 0.520. The molecule has 0 saturated heterocycles. The van der Waals surface area contributed by atoms with Crippen molar-refractivity contribution in [2.75, 3.05) is 18.0 Å². The molecule has 0 aliphatic heterocycles. The minimum Gasteiger partial charge on any atom is -0.383 e. The Labute approximate surface area is 88.6 Å². The van der Waals surface area contributed by atoms with Crippen LogP contribution >= 0.6 is 0 Å². The molecule has 7 heteroatoms. The summed E-state index contributed by atoms with van der Waals surface area (Å²) in [6.07, 6.45) is 1.44. The van der Waals surface area contributed by atoms with Crippen molar-refractivity contribution in [3.8, 4) is 0 Å². The standard InChI is InChI=1S/C8H14N4O2S/c1-6-11-4-7(8(10)12-6)5-15(13,14)3-2-9/h4H,2-3,5,9H2,1H3,(H2,10,11,12). The lowest BCUT2D eigenvalue weighted by molar-refractivity contribution is 0.595. The van der Waals surface area contributed by atoms with Crippen LogP contribution in [0.15, 0.2) is 6.20 Å². The molecule has 0 spiro atoms. The van der Waals surface area contributed by atoms with Crippen LogP contribution < -0.4 is 11.5 Å². The van der Waals surface area contributed by atoms with Gasteiger partial charge in [-0.15, -0.1) is 0 Å². The maximum atomic E-state index is 11.4. The molecule has 1 aromatic heterocycles. The first-order valence-corrected chi connectivity index (χ1v) is 6.25. The van der Waals surface area contributed by atoms with E-state index in [9.17, 15) is 8.42 Å². The van der Waals surface area contributed by atoms with E-state index < -0.39 is 9.84 Å². The van der Waals surface area contributed by atoms with Gasteiger partial charge in [0.25, 0.3) is 0 Å². The first-order chi connectivity index (χ1) is 6.94. The van der Waals surface area contributed by atoms with Crippen LogP contribution in [0.2, 0.25) is 0 Å². The van der Waals surface area contributed by atoms with Gasteiger partial charge in [0.05, 0.1) is 11.5 Å². The largest absolute Gasteiger partial charge is 0.383 e. The molecular formula is C8H14N4O2S. The molecule has 0 fully saturated rings. The quantitative estimate of drug-likeness (QED) is 0.703. The highest BCUT2D eigenvalue weighted by molar-refractivity contribution is 7.90. The van der Waals surface area contributed by atoms with Crippen LogP contribution in [0.3, 0.4) is 0 Å². The maximum absolute atomic E-state index is 11.4. The van der Waals surface area contributed by atoms with Gasteiger partial charge in [-0.2, -0.15) is 0 Å². The summed E-state index contributed by atoms with van der Waals surface area (Å²) in [6, 6.07) is 0. The lowest BCUT2D eigenvalue weighted by Crippen LogP contribution is -2.18. The average molecular weight is 230 g/mol. The number of sulfone groups is 1. The van der Waals surface area contributed by atoms with E-state index in [4.69, 9.17) is 11.5 Å². The summed E-state index contributed by atoms with van der Waals surface area (Å²) in [6.45, 7) is 1.80. The topological polar surface area (TPSA) is 112 Å². The van der Waals surface area contributed by atoms with Gasteiger partial charge in [0.2, 0.25) is 0 Å². The van der Waals surface area contributed by atoms with E-state index in [0.29, 0.717) is 11.4 Å². The molecule has 0 radical (unpaired) electrons. The second-order valence-corrected chi connectivity index (χ2v) is 5.39. The molecule has 0 aliphatic carbocycles. The van der Waals surface area contributed by atoms with Gasteiger partial charge in [0.1, 0.15) is 11.6 Å². The second kappa shape index (κ2) is 4.54. The Morgan fingerprint density at radius 3 is 2.67 bits per heavy atom. The second-order valence-electron chi connectivity index (χ2n) is 3.21. The van der Waals surface area contributed by atoms with E-state index in [1.54, 1.807) is 6.92 Å². The fourth-order valence-electron chi connectivity index (χ4n) is 1.11. The lowest BCUT2D eigenvalue weighted by atomic mass is 10.3. The van der Waals surface area contributed by atoms with Crippen molar-refractivity contribution in [1.82, 2.24) is 9.97 Å². The van der Waals surface area contributed by atoms with Crippen LogP contribution in [-0.2, 0) is 15.6 Å². The molecule has 0 bridgehead atoms. The molecule has 4 N–H and O–H groups in total. The fraction of sp³-hybridized carbons (Fsp3) is 0.500. The van der Waals surface area contributed by atoms with Crippen molar-refractivity contribution >= 4 is 15.7 Å². The average Bonchev–Trinajstić information content (AvgIpc) is 2.09. The molecule has 0 saturated carbocycles. The molecular weight excluding hydrogens is 216 g/mol. The molecule has 0 aliphatic rings. The van der Waals surface area contributed by atoms with Crippen LogP contribution in [0.4, 0.5) is 5.82 Å². The molecule has 1 aromatic rings. The summed E-state index contributed by atoms with van der Waals surface area (Å²) in [7, 11) is -3.21. The highest BCUT2D eigenvalue weighted by atomic mass is 32.2. The maximum Gasteiger partial charge on any atom is 0.155 e. The third-order valence-corrected chi connectivity index (χ3v) is 3.43. The zero-order chi connectivity index (χ0) is 11.5. The zero-order valence-corrected chi connectivity index (χ0v) is 9.29. The third-order valence-electron chi connectivity index (χ3n) is 1.82. The van der Waals surface area contributed by atoms with Gasteiger partial charge in [-0.3, -0.25) is 0 Å². The third kappa shape index (κ3) is 3.45. The molecule has 0 atom stereocenters. The summed E-state index contributed by atoms with van der Waals surface area (Å²) in [5, 5.41) is 0. The van der Waals surface area contributed by atoms with E-state index in [2.05, 4.69) is 9.97 Å². The van der Waals surface area contributed by atoms with Gasteiger partial charge < -0.3 is 11.5 Å². The number of nitrogen functional groups attached to an aromatic ring is 1. The first-order valence-electron chi connectivity index (χ1n) is 4.43. The number of hydrogen-bond acceptors (Lipinski definition) is 6. The van der Waals surface area contributed by atoms with Crippen LogP contribution in [0.1, 0.15) is 11.4 Å². The van der Waals surface area contributed by atoms with Gasteiger partial charge in [-0.25, -0.2) is 18.4 Å². The van der Waals surface area contributed by atoms with Crippen molar-refractivity contribution < 1.29 is 8.42 Å². The van der Waals surface area contributed by atoms with E-state index in [1.165, 1.54) is 6.20 Å². The Bertz CT molecular complexity index is 444. The minimum absolute atomic E-state index is 0.0552. The van der Waals surface area contributed by atoms with E-state index in [-0.39, 0.29) is 23.9 Å². The van der Waals surface area contributed by atoms with Gasteiger partial charge in [0, 0.05) is 18.3 Å². The molecule has 0 amide bonds. The number of nitrogens with zero attached hydrogens (tertiary/aromatic N) is 2. The molecule has 0 unspecified atom stereocenters. The van der Waals surface area contributed by atoms with Gasteiger partial charge in [-0.05, 0) is 6.92 Å². The van der Waals surface area contributed by atoms with Crippen molar-refractivity contribution in [1.29, 1.82) is 0 Å². The summed E-state index contributed by atoms with van der Waals surface area (Å²) < 4.78 is 22.9. The predicted molar refractivity (Wildman–Crippen MR) is 57.7 cm³/mol. The molecule has 84 valence electrons. The highest BCUT2D eigenvalue weighted by Crippen LogP contribution is 2.11. The Morgan fingerprint density at radius 1 is 1.47 bits per heavy atom.